The third-order valence-corrected chi connectivity index (χ3v) is 3.48. The molecule has 0 saturated heterocycles. The fourth-order valence-corrected chi connectivity index (χ4v) is 2.42. The van der Waals surface area contributed by atoms with Gasteiger partial charge < -0.3 is 15.9 Å². The van der Waals surface area contributed by atoms with Crippen molar-refractivity contribution in [3.63, 3.8) is 0 Å². The number of anilines is 1. The summed E-state index contributed by atoms with van der Waals surface area (Å²) in [7, 11) is 0. The van der Waals surface area contributed by atoms with Gasteiger partial charge in [-0.1, -0.05) is 30.0 Å². The van der Waals surface area contributed by atoms with Crippen LogP contribution in [0.5, 0.6) is 5.75 Å². The molecule has 0 spiro atoms. The normalized spacial score (nSPS) is 10.4. The number of aliphatic hydroxyl groups is 1. The zero-order valence-electron chi connectivity index (χ0n) is 9.13. The predicted molar refractivity (Wildman–Crippen MR) is 69.0 cm³/mol. The Labute approximate surface area is 104 Å². The number of phenols is 1. The highest BCUT2D eigenvalue weighted by atomic mass is 32.2. The summed E-state index contributed by atoms with van der Waals surface area (Å²) in [6.45, 7) is 0.00410. The maximum Gasteiger partial charge on any atom is 0.139 e. The second-order valence-corrected chi connectivity index (χ2v) is 4.70. The van der Waals surface area contributed by atoms with Gasteiger partial charge in [0.05, 0.1) is 12.3 Å². The van der Waals surface area contributed by atoms with Crippen LogP contribution < -0.4 is 5.73 Å². The van der Waals surface area contributed by atoms with E-state index in [-0.39, 0.29) is 12.4 Å². The Morgan fingerprint density at radius 2 is 1.88 bits per heavy atom. The molecule has 0 aromatic heterocycles. The van der Waals surface area contributed by atoms with Gasteiger partial charge in [-0.3, -0.25) is 0 Å². The zero-order chi connectivity index (χ0) is 12.3. The summed E-state index contributed by atoms with van der Waals surface area (Å²) in [5, 5.41) is 18.7. The number of aliphatic hydroxyl groups excluding tert-OH is 1. The number of hydrogen-bond acceptors (Lipinski definition) is 4. The number of nitrogens with two attached hydrogens (primary N) is 1. The molecule has 4 heteroatoms. The third kappa shape index (κ3) is 2.72. The van der Waals surface area contributed by atoms with Gasteiger partial charge in [-0.25, -0.2) is 0 Å². The predicted octanol–water partition coefficient (Wildman–Crippen LogP) is 2.62. The minimum absolute atomic E-state index is 0.00410. The molecule has 3 nitrogen and oxygen atoms in total. The number of nitrogen functional groups attached to an aromatic ring is 1. The first kappa shape index (κ1) is 11.8. The van der Waals surface area contributed by atoms with Crippen LogP contribution in [0.1, 0.15) is 5.56 Å². The standard InChI is InChI=1S/C13H13NO2S/c14-11-6-5-10(7-12(11)16)17-13-4-2-1-3-9(13)8-15/h1-7,15-16H,8,14H2. The zero-order valence-corrected chi connectivity index (χ0v) is 9.95. The molecule has 2 aromatic rings. The molecule has 0 radical (unpaired) electrons. The van der Waals surface area contributed by atoms with Gasteiger partial charge in [0.25, 0.3) is 0 Å². The first-order chi connectivity index (χ1) is 8.20. The highest BCUT2D eigenvalue weighted by Gasteiger charge is 2.04. The SMILES string of the molecule is Nc1ccc(Sc2ccccc2CO)cc1O. The third-order valence-electron chi connectivity index (χ3n) is 2.37. The van der Waals surface area contributed by atoms with Crippen LogP contribution in [0.2, 0.25) is 0 Å². The van der Waals surface area contributed by atoms with Crippen molar-refractivity contribution < 1.29 is 10.2 Å². The summed E-state index contributed by atoms with van der Waals surface area (Å²) in [5.74, 6) is 0.0801. The number of aromatic hydroxyl groups is 1. The van der Waals surface area contributed by atoms with Gasteiger partial charge in [0.15, 0.2) is 0 Å². The van der Waals surface area contributed by atoms with Gasteiger partial charge in [-0.2, -0.15) is 0 Å². The molecule has 2 rings (SSSR count). The van der Waals surface area contributed by atoms with E-state index in [0.29, 0.717) is 5.69 Å². The van der Waals surface area contributed by atoms with Crippen LogP contribution in [0.3, 0.4) is 0 Å². The molecule has 0 fully saturated rings. The lowest BCUT2D eigenvalue weighted by Crippen LogP contribution is -1.88. The van der Waals surface area contributed by atoms with Crippen molar-refractivity contribution in [2.75, 3.05) is 5.73 Å². The van der Waals surface area contributed by atoms with E-state index in [1.807, 2.05) is 30.3 Å². The first-order valence-corrected chi connectivity index (χ1v) is 5.97. The maximum atomic E-state index is 9.52. The minimum atomic E-state index is 0.00410. The molecule has 0 aliphatic heterocycles. The summed E-state index contributed by atoms with van der Waals surface area (Å²) in [4.78, 5) is 1.86. The van der Waals surface area contributed by atoms with Crippen LogP contribution in [-0.2, 0) is 6.61 Å². The molecule has 0 heterocycles. The van der Waals surface area contributed by atoms with Crippen molar-refractivity contribution in [1.82, 2.24) is 0 Å². The summed E-state index contributed by atoms with van der Waals surface area (Å²) >= 11 is 1.49. The van der Waals surface area contributed by atoms with Gasteiger partial charge in [-0.05, 0) is 29.8 Å². The quantitative estimate of drug-likeness (QED) is 0.576. The molecule has 17 heavy (non-hydrogen) atoms. The number of benzene rings is 2. The van der Waals surface area contributed by atoms with E-state index in [9.17, 15) is 10.2 Å². The van der Waals surface area contributed by atoms with E-state index in [0.717, 1.165) is 15.4 Å². The molecular formula is C13H13NO2S. The van der Waals surface area contributed by atoms with E-state index in [2.05, 4.69) is 0 Å². The summed E-state index contributed by atoms with van der Waals surface area (Å²) in [5.41, 5.74) is 6.77. The van der Waals surface area contributed by atoms with Crippen LogP contribution in [0.4, 0.5) is 5.69 Å². The van der Waals surface area contributed by atoms with Crippen LogP contribution in [0, 0.1) is 0 Å². The van der Waals surface area contributed by atoms with Crippen molar-refractivity contribution in [3.05, 3.63) is 48.0 Å². The summed E-state index contributed by atoms with van der Waals surface area (Å²) < 4.78 is 0. The largest absolute Gasteiger partial charge is 0.506 e. The van der Waals surface area contributed by atoms with Crippen LogP contribution >= 0.6 is 11.8 Å². The summed E-state index contributed by atoms with van der Waals surface area (Å²) in [6, 6.07) is 12.7. The van der Waals surface area contributed by atoms with Gasteiger partial charge in [0.2, 0.25) is 0 Å². The van der Waals surface area contributed by atoms with Crippen LogP contribution in [0.25, 0.3) is 0 Å². The average Bonchev–Trinajstić information content (AvgIpc) is 2.34. The molecule has 0 atom stereocenters. The van der Waals surface area contributed by atoms with E-state index in [1.165, 1.54) is 11.8 Å². The molecular weight excluding hydrogens is 234 g/mol. The Balaban J connectivity index is 2.28. The molecule has 0 aliphatic carbocycles. The van der Waals surface area contributed by atoms with Crippen LogP contribution in [-0.4, -0.2) is 10.2 Å². The molecule has 0 bridgehead atoms. The molecule has 4 N–H and O–H groups in total. The first-order valence-electron chi connectivity index (χ1n) is 5.16. The van der Waals surface area contributed by atoms with Gasteiger partial charge in [0, 0.05) is 9.79 Å². The van der Waals surface area contributed by atoms with Gasteiger partial charge >= 0.3 is 0 Å². The highest BCUT2D eigenvalue weighted by Crippen LogP contribution is 2.34. The minimum Gasteiger partial charge on any atom is -0.506 e. The fourth-order valence-electron chi connectivity index (χ4n) is 1.45. The van der Waals surface area contributed by atoms with Crippen molar-refractivity contribution in [2.45, 2.75) is 16.4 Å². The van der Waals surface area contributed by atoms with Crippen molar-refractivity contribution in [3.8, 4) is 5.75 Å². The topological polar surface area (TPSA) is 66.5 Å². The van der Waals surface area contributed by atoms with E-state index < -0.39 is 0 Å². The van der Waals surface area contributed by atoms with Crippen molar-refractivity contribution in [1.29, 1.82) is 0 Å². The lowest BCUT2D eigenvalue weighted by atomic mass is 10.2. The molecule has 0 saturated carbocycles. The second kappa shape index (κ2) is 5.12. The Morgan fingerprint density at radius 3 is 2.59 bits per heavy atom. The smallest absolute Gasteiger partial charge is 0.139 e. The second-order valence-electron chi connectivity index (χ2n) is 3.59. The van der Waals surface area contributed by atoms with Crippen molar-refractivity contribution in [2.24, 2.45) is 0 Å². The lowest BCUT2D eigenvalue weighted by Gasteiger charge is -2.07. The lowest BCUT2D eigenvalue weighted by molar-refractivity contribution is 0.279. The van der Waals surface area contributed by atoms with Gasteiger partial charge in [0.1, 0.15) is 5.75 Å². The molecule has 2 aromatic carbocycles. The Kier molecular flexibility index (Phi) is 3.56. The number of rotatable bonds is 3. The van der Waals surface area contributed by atoms with Crippen LogP contribution in [0.15, 0.2) is 52.3 Å². The molecule has 0 amide bonds. The molecule has 0 unspecified atom stereocenters. The fraction of sp³-hybridized carbons (Fsp3) is 0.0769. The Bertz CT molecular complexity index is 529. The maximum absolute atomic E-state index is 9.52. The monoisotopic (exact) mass is 247 g/mol. The molecule has 88 valence electrons. The van der Waals surface area contributed by atoms with E-state index in [1.54, 1.807) is 12.1 Å². The number of phenolic OH excluding ortho intramolecular Hbond substituents is 1. The van der Waals surface area contributed by atoms with Crippen molar-refractivity contribution >= 4 is 17.4 Å². The van der Waals surface area contributed by atoms with E-state index >= 15 is 0 Å². The molecule has 0 aliphatic rings. The number of hydrogen-bond donors (Lipinski definition) is 3. The van der Waals surface area contributed by atoms with Gasteiger partial charge in [-0.15, -0.1) is 0 Å². The highest BCUT2D eigenvalue weighted by molar-refractivity contribution is 7.99. The Morgan fingerprint density at radius 1 is 1.12 bits per heavy atom. The summed E-state index contributed by atoms with van der Waals surface area (Å²) in [6.07, 6.45) is 0. The Hall–Kier alpha value is -1.65. The van der Waals surface area contributed by atoms with E-state index in [4.69, 9.17) is 5.73 Å². The average molecular weight is 247 g/mol.